The molecule has 0 spiro atoms. The molecule has 1 N–H and O–H groups in total. The van der Waals surface area contributed by atoms with Crippen molar-refractivity contribution in [1.29, 1.82) is 0 Å². The zero-order valence-corrected chi connectivity index (χ0v) is 21.6. The molecule has 1 unspecified atom stereocenters. The fraction of sp³-hybridized carbons (Fsp3) is 0.483. The predicted octanol–water partition coefficient (Wildman–Crippen LogP) is 5.33. The first-order chi connectivity index (χ1) is 17.3. The number of rotatable bonds is 11. The summed E-state index contributed by atoms with van der Waals surface area (Å²) in [4.78, 5) is 4.55. The lowest BCUT2D eigenvalue weighted by Crippen LogP contribution is -2.36. The quantitative estimate of drug-likeness (QED) is 0.390. The van der Waals surface area contributed by atoms with Crippen molar-refractivity contribution in [3.63, 3.8) is 0 Å². The standard InChI is InChI=1S/C29H38F2N4O/c1-4-7-25(36)18-34(16-21(2)3)20-28-26-19-33(17-22-8-5-6-9-27(22)31)15-14-29(26)35(32-28)24-12-10-23(30)11-13-24/h5-6,8-13,21,25,36H,4,7,14-20H2,1-3H3. The molecule has 0 bridgehead atoms. The lowest BCUT2D eigenvalue weighted by molar-refractivity contribution is 0.0933. The van der Waals surface area contributed by atoms with Crippen molar-refractivity contribution < 1.29 is 13.9 Å². The summed E-state index contributed by atoms with van der Waals surface area (Å²) in [6.45, 7) is 10.5. The number of nitrogens with zero attached hydrogens (tertiary/aromatic N) is 4. The molecular weight excluding hydrogens is 458 g/mol. The third kappa shape index (κ3) is 6.58. The molecular formula is C29H38F2N4O. The van der Waals surface area contributed by atoms with Gasteiger partial charge in [0.25, 0.3) is 0 Å². The molecule has 0 aliphatic carbocycles. The second kappa shape index (κ2) is 12.1. The summed E-state index contributed by atoms with van der Waals surface area (Å²) >= 11 is 0. The molecule has 2 heterocycles. The van der Waals surface area contributed by atoms with Gasteiger partial charge in [0.1, 0.15) is 11.6 Å². The van der Waals surface area contributed by atoms with E-state index >= 15 is 0 Å². The maximum Gasteiger partial charge on any atom is 0.127 e. The zero-order valence-electron chi connectivity index (χ0n) is 21.6. The third-order valence-corrected chi connectivity index (χ3v) is 6.73. The third-order valence-electron chi connectivity index (χ3n) is 6.73. The van der Waals surface area contributed by atoms with Crippen LogP contribution in [0.3, 0.4) is 0 Å². The number of fused-ring (bicyclic) bond motifs is 1. The number of aliphatic hydroxyl groups is 1. The van der Waals surface area contributed by atoms with Crippen LogP contribution in [0.4, 0.5) is 8.78 Å². The number of hydrogen-bond acceptors (Lipinski definition) is 4. The van der Waals surface area contributed by atoms with Crippen LogP contribution in [-0.2, 0) is 26.1 Å². The van der Waals surface area contributed by atoms with E-state index in [1.165, 1.54) is 18.2 Å². The summed E-state index contributed by atoms with van der Waals surface area (Å²) in [5.41, 5.74) is 4.78. The molecule has 0 radical (unpaired) electrons. The van der Waals surface area contributed by atoms with Gasteiger partial charge in [0.15, 0.2) is 0 Å². The molecule has 0 saturated heterocycles. The van der Waals surface area contributed by atoms with Gasteiger partial charge in [-0.15, -0.1) is 0 Å². The molecule has 4 rings (SSSR count). The Labute approximate surface area is 213 Å². The summed E-state index contributed by atoms with van der Waals surface area (Å²) in [6, 6.07) is 13.4. The van der Waals surface area contributed by atoms with Crippen LogP contribution in [-0.4, -0.2) is 50.4 Å². The monoisotopic (exact) mass is 496 g/mol. The Hall–Kier alpha value is -2.61. The van der Waals surface area contributed by atoms with Gasteiger partial charge >= 0.3 is 0 Å². The van der Waals surface area contributed by atoms with Crippen LogP contribution in [0, 0.1) is 17.6 Å². The van der Waals surface area contributed by atoms with E-state index in [9.17, 15) is 13.9 Å². The van der Waals surface area contributed by atoms with E-state index in [0.717, 1.165) is 55.0 Å². The van der Waals surface area contributed by atoms with Gasteiger partial charge in [-0.2, -0.15) is 5.10 Å². The van der Waals surface area contributed by atoms with Gasteiger partial charge in [-0.1, -0.05) is 45.4 Å². The van der Waals surface area contributed by atoms with Crippen LogP contribution in [0.2, 0.25) is 0 Å². The first-order valence-corrected chi connectivity index (χ1v) is 13.1. The second-order valence-corrected chi connectivity index (χ2v) is 10.3. The SMILES string of the molecule is CCCC(O)CN(Cc1nn(-c2ccc(F)cc2)c2c1CN(Cc1ccccc1F)CC2)CC(C)C. The number of aliphatic hydroxyl groups excluding tert-OH is 1. The van der Waals surface area contributed by atoms with Crippen LogP contribution in [0.1, 0.15) is 56.1 Å². The van der Waals surface area contributed by atoms with E-state index < -0.39 is 0 Å². The van der Waals surface area contributed by atoms with Crippen LogP contribution in [0.5, 0.6) is 0 Å². The molecule has 7 heteroatoms. The second-order valence-electron chi connectivity index (χ2n) is 10.3. The summed E-state index contributed by atoms with van der Waals surface area (Å²) < 4.78 is 29.9. The van der Waals surface area contributed by atoms with Gasteiger partial charge in [-0.25, -0.2) is 13.5 Å². The fourth-order valence-corrected chi connectivity index (χ4v) is 5.12. The molecule has 0 saturated carbocycles. The Morgan fingerprint density at radius 2 is 1.81 bits per heavy atom. The average molecular weight is 497 g/mol. The lowest BCUT2D eigenvalue weighted by Gasteiger charge is -2.29. The van der Waals surface area contributed by atoms with Crippen molar-refractivity contribution in [1.82, 2.24) is 19.6 Å². The minimum Gasteiger partial charge on any atom is -0.392 e. The molecule has 2 aromatic carbocycles. The maximum atomic E-state index is 14.4. The summed E-state index contributed by atoms with van der Waals surface area (Å²) in [5.74, 6) is -0.00554. The topological polar surface area (TPSA) is 44.5 Å². The van der Waals surface area contributed by atoms with Crippen molar-refractivity contribution in [2.45, 2.75) is 65.8 Å². The number of halogens is 2. The van der Waals surface area contributed by atoms with E-state index in [1.807, 2.05) is 16.8 Å². The van der Waals surface area contributed by atoms with Crippen molar-refractivity contribution in [2.75, 3.05) is 19.6 Å². The minimum atomic E-state index is -0.374. The smallest absolute Gasteiger partial charge is 0.127 e. The van der Waals surface area contributed by atoms with E-state index in [-0.39, 0.29) is 17.7 Å². The van der Waals surface area contributed by atoms with Crippen LogP contribution in [0.15, 0.2) is 48.5 Å². The summed E-state index contributed by atoms with van der Waals surface area (Å²) in [7, 11) is 0. The van der Waals surface area contributed by atoms with Gasteiger partial charge in [-0.3, -0.25) is 9.80 Å². The zero-order chi connectivity index (χ0) is 25.7. The molecule has 36 heavy (non-hydrogen) atoms. The predicted molar refractivity (Wildman–Crippen MR) is 139 cm³/mol. The van der Waals surface area contributed by atoms with Gasteiger partial charge in [0, 0.05) is 56.8 Å². The summed E-state index contributed by atoms with van der Waals surface area (Å²) in [5, 5.41) is 15.6. The molecule has 1 aliphatic rings. The highest BCUT2D eigenvalue weighted by atomic mass is 19.1. The maximum absolute atomic E-state index is 14.4. The molecule has 194 valence electrons. The highest BCUT2D eigenvalue weighted by Gasteiger charge is 2.27. The van der Waals surface area contributed by atoms with E-state index in [2.05, 4.69) is 30.6 Å². The Kier molecular flexibility index (Phi) is 8.88. The first-order valence-electron chi connectivity index (χ1n) is 13.1. The Bertz CT molecular complexity index is 1130. The van der Waals surface area contributed by atoms with Crippen LogP contribution >= 0.6 is 0 Å². The molecule has 0 amide bonds. The molecule has 1 aliphatic heterocycles. The van der Waals surface area contributed by atoms with Crippen molar-refractivity contribution in [3.8, 4) is 5.69 Å². The molecule has 5 nitrogen and oxygen atoms in total. The minimum absolute atomic E-state index is 0.182. The van der Waals surface area contributed by atoms with Crippen molar-refractivity contribution in [3.05, 3.63) is 82.7 Å². The molecule has 0 fully saturated rings. The van der Waals surface area contributed by atoms with E-state index in [4.69, 9.17) is 5.10 Å². The molecule has 3 aromatic rings. The van der Waals surface area contributed by atoms with Crippen LogP contribution in [0.25, 0.3) is 5.69 Å². The highest BCUT2D eigenvalue weighted by molar-refractivity contribution is 5.39. The Morgan fingerprint density at radius 1 is 1.06 bits per heavy atom. The first kappa shape index (κ1) is 26.5. The largest absolute Gasteiger partial charge is 0.392 e. The van der Waals surface area contributed by atoms with Crippen LogP contribution < -0.4 is 0 Å². The number of aromatic nitrogens is 2. The van der Waals surface area contributed by atoms with Gasteiger partial charge in [0.05, 0.1) is 23.2 Å². The number of benzene rings is 2. The van der Waals surface area contributed by atoms with Gasteiger partial charge in [0.2, 0.25) is 0 Å². The van der Waals surface area contributed by atoms with E-state index in [0.29, 0.717) is 37.7 Å². The van der Waals surface area contributed by atoms with Crippen molar-refractivity contribution >= 4 is 0 Å². The van der Waals surface area contributed by atoms with Gasteiger partial charge < -0.3 is 5.11 Å². The fourth-order valence-electron chi connectivity index (χ4n) is 5.12. The van der Waals surface area contributed by atoms with E-state index in [1.54, 1.807) is 18.2 Å². The molecule has 1 aromatic heterocycles. The summed E-state index contributed by atoms with van der Waals surface area (Å²) in [6.07, 6.45) is 2.11. The number of hydrogen-bond donors (Lipinski definition) is 1. The average Bonchev–Trinajstić information content (AvgIpc) is 3.18. The van der Waals surface area contributed by atoms with Gasteiger partial charge in [-0.05, 0) is 42.7 Å². The Morgan fingerprint density at radius 3 is 2.50 bits per heavy atom. The molecule has 1 atom stereocenters. The lowest BCUT2D eigenvalue weighted by atomic mass is 10.0. The highest BCUT2D eigenvalue weighted by Crippen LogP contribution is 2.28. The van der Waals surface area contributed by atoms with Crippen molar-refractivity contribution in [2.24, 2.45) is 5.92 Å². The normalized spacial score (nSPS) is 15.0. The Balaban J connectivity index is 1.65.